The Bertz CT molecular complexity index is 728. The van der Waals surface area contributed by atoms with Crippen molar-refractivity contribution in [3.8, 4) is 5.75 Å². The number of aryl methyl sites for hydroxylation is 1. The molecule has 1 aromatic carbocycles. The van der Waals surface area contributed by atoms with Crippen LogP contribution in [-0.4, -0.2) is 22.5 Å². The Kier molecular flexibility index (Phi) is 5.72. The summed E-state index contributed by atoms with van der Waals surface area (Å²) in [5, 5.41) is 16.1. The third-order valence-corrected chi connectivity index (χ3v) is 3.06. The summed E-state index contributed by atoms with van der Waals surface area (Å²) >= 11 is 0. The van der Waals surface area contributed by atoms with E-state index >= 15 is 0 Å². The van der Waals surface area contributed by atoms with E-state index in [1.807, 2.05) is 6.92 Å². The van der Waals surface area contributed by atoms with Gasteiger partial charge in [-0.2, -0.15) is 0 Å². The maximum atomic E-state index is 11.9. The summed E-state index contributed by atoms with van der Waals surface area (Å²) in [6.07, 6.45) is 2.34. The molecule has 2 aromatic rings. The van der Waals surface area contributed by atoms with Gasteiger partial charge in [0.1, 0.15) is 5.76 Å². The highest BCUT2D eigenvalue weighted by atomic mass is 16.6. The van der Waals surface area contributed by atoms with Gasteiger partial charge in [0.2, 0.25) is 5.89 Å². The van der Waals surface area contributed by atoms with E-state index in [4.69, 9.17) is 9.15 Å². The first-order chi connectivity index (χ1) is 11.5. The standard InChI is InChI=1S/C15H18N4O5/c1-3-11-8-16-14(24-11)9-17-15(20)18-10-5-6-12(19(21)22)13(7-10)23-4-2/h5-8H,3-4,9H2,1-2H3,(H2,17,18,20). The Morgan fingerprint density at radius 3 is 2.83 bits per heavy atom. The first kappa shape index (κ1) is 17.3. The number of oxazole rings is 1. The molecule has 2 rings (SSSR count). The van der Waals surface area contributed by atoms with Crippen molar-refractivity contribution < 1.29 is 18.9 Å². The third-order valence-electron chi connectivity index (χ3n) is 3.06. The number of amides is 2. The number of carbonyl (C=O) groups is 1. The number of benzene rings is 1. The summed E-state index contributed by atoms with van der Waals surface area (Å²) in [6, 6.07) is 3.63. The zero-order valence-electron chi connectivity index (χ0n) is 13.4. The Balaban J connectivity index is 1.97. The summed E-state index contributed by atoms with van der Waals surface area (Å²) in [4.78, 5) is 26.3. The van der Waals surface area contributed by atoms with Crippen molar-refractivity contribution in [2.75, 3.05) is 11.9 Å². The number of aromatic nitrogens is 1. The molecule has 0 aliphatic heterocycles. The molecule has 1 heterocycles. The van der Waals surface area contributed by atoms with Crippen LogP contribution in [0.2, 0.25) is 0 Å². The van der Waals surface area contributed by atoms with Crippen LogP contribution < -0.4 is 15.4 Å². The molecule has 9 heteroatoms. The molecule has 9 nitrogen and oxygen atoms in total. The number of anilines is 1. The summed E-state index contributed by atoms with van der Waals surface area (Å²) in [6.45, 7) is 4.07. The van der Waals surface area contributed by atoms with E-state index in [1.54, 1.807) is 13.1 Å². The quantitative estimate of drug-likeness (QED) is 0.593. The van der Waals surface area contributed by atoms with Crippen molar-refractivity contribution in [3.63, 3.8) is 0 Å². The van der Waals surface area contributed by atoms with Crippen molar-refractivity contribution in [1.82, 2.24) is 10.3 Å². The Morgan fingerprint density at radius 1 is 1.42 bits per heavy atom. The molecule has 0 atom stereocenters. The van der Waals surface area contributed by atoms with Crippen LogP contribution in [0.1, 0.15) is 25.5 Å². The van der Waals surface area contributed by atoms with E-state index in [0.29, 0.717) is 11.6 Å². The van der Waals surface area contributed by atoms with E-state index in [9.17, 15) is 14.9 Å². The van der Waals surface area contributed by atoms with Crippen LogP contribution in [0.3, 0.4) is 0 Å². The second-order valence-corrected chi connectivity index (χ2v) is 4.75. The van der Waals surface area contributed by atoms with Gasteiger partial charge < -0.3 is 19.8 Å². The molecular formula is C15H18N4O5. The lowest BCUT2D eigenvalue weighted by molar-refractivity contribution is -0.385. The molecule has 0 unspecified atom stereocenters. The van der Waals surface area contributed by atoms with Crippen LogP contribution in [0, 0.1) is 10.1 Å². The normalized spacial score (nSPS) is 10.2. The zero-order chi connectivity index (χ0) is 17.5. The number of hydrogen-bond acceptors (Lipinski definition) is 6. The number of hydrogen-bond donors (Lipinski definition) is 2. The summed E-state index contributed by atoms with van der Waals surface area (Å²) in [5.41, 5.74) is 0.220. The van der Waals surface area contributed by atoms with E-state index in [2.05, 4.69) is 15.6 Å². The molecule has 2 amide bonds. The van der Waals surface area contributed by atoms with Gasteiger partial charge in [-0.3, -0.25) is 10.1 Å². The van der Waals surface area contributed by atoms with E-state index in [0.717, 1.165) is 12.2 Å². The van der Waals surface area contributed by atoms with Gasteiger partial charge in [-0.1, -0.05) is 6.92 Å². The summed E-state index contributed by atoms with van der Waals surface area (Å²) in [7, 11) is 0. The second kappa shape index (κ2) is 7.95. The minimum Gasteiger partial charge on any atom is -0.487 e. The number of rotatable bonds is 7. The largest absolute Gasteiger partial charge is 0.487 e. The van der Waals surface area contributed by atoms with Crippen LogP contribution in [0.5, 0.6) is 5.75 Å². The monoisotopic (exact) mass is 334 g/mol. The van der Waals surface area contributed by atoms with E-state index in [1.165, 1.54) is 18.2 Å². The molecule has 1 aromatic heterocycles. The van der Waals surface area contributed by atoms with Crippen LogP contribution in [0.25, 0.3) is 0 Å². The number of carbonyl (C=O) groups excluding carboxylic acids is 1. The number of nitro groups is 1. The number of nitro benzene ring substituents is 1. The molecule has 128 valence electrons. The van der Waals surface area contributed by atoms with Gasteiger partial charge in [0.25, 0.3) is 0 Å². The number of nitrogens with zero attached hydrogens (tertiary/aromatic N) is 2. The highest BCUT2D eigenvalue weighted by molar-refractivity contribution is 5.89. The molecule has 24 heavy (non-hydrogen) atoms. The maximum absolute atomic E-state index is 11.9. The fraction of sp³-hybridized carbons (Fsp3) is 0.333. The van der Waals surface area contributed by atoms with Crippen molar-refractivity contribution >= 4 is 17.4 Å². The van der Waals surface area contributed by atoms with Crippen LogP contribution in [-0.2, 0) is 13.0 Å². The molecular weight excluding hydrogens is 316 g/mol. The lowest BCUT2D eigenvalue weighted by Gasteiger charge is -2.09. The zero-order valence-corrected chi connectivity index (χ0v) is 13.4. The first-order valence-corrected chi connectivity index (χ1v) is 7.43. The van der Waals surface area contributed by atoms with E-state index < -0.39 is 11.0 Å². The maximum Gasteiger partial charge on any atom is 0.319 e. The van der Waals surface area contributed by atoms with Gasteiger partial charge in [-0.25, -0.2) is 9.78 Å². The summed E-state index contributed by atoms with van der Waals surface area (Å²) in [5.74, 6) is 1.24. The molecule has 0 aliphatic rings. The van der Waals surface area contributed by atoms with Crippen molar-refractivity contribution in [3.05, 3.63) is 46.2 Å². The minimum absolute atomic E-state index is 0.0978. The van der Waals surface area contributed by atoms with Gasteiger partial charge in [0.05, 0.1) is 24.3 Å². The van der Waals surface area contributed by atoms with Crippen LogP contribution in [0.15, 0.2) is 28.8 Å². The second-order valence-electron chi connectivity index (χ2n) is 4.75. The molecule has 0 saturated heterocycles. The Labute approximate surface area is 138 Å². The van der Waals surface area contributed by atoms with Gasteiger partial charge in [-0.05, 0) is 13.0 Å². The fourth-order valence-electron chi connectivity index (χ4n) is 1.94. The van der Waals surface area contributed by atoms with Crippen LogP contribution in [0.4, 0.5) is 16.2 Å². The van der Waals surface area contributed by atoms with Gasteiger partial charge in [0, 0.05) is 24.2 Å². The first-order valence-electron chi connectivity index (χ1n) is 7.43. The molecule has 0 spiro atoms. The van der Waals surface area contributed by atoms with Crippen molar-refractivity contribution in [2.45, 2.75) is 26.8 Å². The SMILES string of the molecule is CCOc1cc(NC(=O)NCc2ncc(CC)o2)ccc1[N+](=O)[O-]. The van der Waals surface area contributed by atoms with Gasteiger partial charge in [0.15, 0.2) is 5.75 Å². The highest BCUT2D eigenvalue weighted by Crippen LogP contribution is 2.30. The average molecular weight is 334 g/mol. The molecule has 2 N–H and O–H groups in total. The molecule has 0 aliphatic carbocycles. The highest BCUT2D eigenvalue weighted by Gasteiger charge is 2.16. The Hall–Kier alpha value is -3.10. The number of urea groups is 1. The topological polar surface area (TPSA) is 120 Å². The van der Waals surface area contributed by atoms with Gasteiger partial charge >= 0.3 is 11.7 Å². The molecule has 0 radical (unpaired) electrons. The Morgan fingerprint density at radius 2 is 2.21 bits per heavy atom. The number of nitrogens with one attached hydrogen (secondary N) is 2. The average Bonchev–Trinajstić information content (AvgIpc) is 3.01. The minimum atomic E-state index is -0.539. The lowest BCUT2D eigenvalue weighted by Crippen LogP contribution is -2.28. The van der Waals surface area contributed by atoms with E-state index in [-0.39, 0.29) is 24.6 Å². The van der Waals surface area contributed by atoms with Crippen LogP contribution >= 0.6 is 0 Å². The third kappa shape index (κ3) is 4.45. The van der Waals surface area contributed by atoms with Crippen molar-refractivity contribution in [2.24, 2.45) is 0 Å². The van der Waals surface area contributed by atoms with Gasteiger partial charge in [-0.15, -0.1) is 0 Å². The lowest BCUT2D eigenvalue weighted by atomic mass is 10.2. The molecule has 0 bridgehead atoms. The van der Waals surface area contributed by atoms with Crippen molar-refractivity contribution in [1.29, 1.82) is 0 Å². The predicted molar refractivity (Wildman–Crippen MR) is 86.0 cm³/mol. The molecule has 0 fully saturated rings. The smallest absolute Gasteiger partial charge is 0.319 e. The molecule has 0 saturated carbocycles. The fourth-order valence-corrected chi connectivity index (χ4v) is 1.94. The number of ether oxygens (including phenoxy) is 1. The predicted octanol–water partition coefficient (Wildman–Crippen LogP) is 2.87. The summed E-state index contributed by atoms with van der Waals surface area (Å²) < 4.78 is 10.6.